The number of carbonyl (C=O) groups is 2. The predicted octanol–water partition coefficient (Wildman–Crippen LogP) is 5.36. The van der Waals surface area contributed by atoms with Gasteiger partial charge in [0.2, 0.25) is 0 Å². The Morgan fingerprint density at radius 3 is 2.26 bits per heavy atom. The number of benzene rings is 2. The first-order valence-corrected chi connectivity index (χ1v) is 11.4. The molecule has 1 saturated heterocycles. The number of carbonyl (C=O) groups excluding carboxylic acids is 2. The molecular formula is C27H26FN3O2S. The molecule has 0 saturated carbocycles. The van der Waals surface area contributed by atoms with E-state index in [4.69, 9.17) is 12.2 Å². The SMILES string of the molecule is Cc1cc(/C=C2\C(=O)NC(=S)N(c3ccccc3F)C2=O)c(C)n1-c1ccc(C(C)(C)C)cc1. The lowest BCUT2D eigenvalue weighted by Crippen LogP contribution is -2.54. The standard InChI is InChI=1S/C27H26FN3O2S/c1-16-14-18(17(2)30(16)20-12-10-19(11-13-20)27(3,4)5)15-21-24(32)29-26(34)31(25(21)33)23-9-7-6-8-22(23)28/h6-15H,1-5H3,(H,29,32,34)/b21-15+. The Morgan fingerprint density at radius 1 is 1.00 bits per heavy atom. The van der Waals surface area contributed by atoms with E-state index < -0.39 is 17.6 Å². The van der Waals surface area contributed by atoms with E-state index in [-0.39, 0.29) is 21.8 Å². The predicted molar refractivity (Wildman–Crippen MR) is 137 cm³/mol. The molecule has 1 aliphatic heterocycles. The van der Waals surface area contributed by atoms with Crippen LogP contribution in [-0.4, -0.2) is 21.5 Å². The minimum Gasteiger partial charge on any atom is -0.318 e. The maximum atomic E-state index is 14.4. The van der Waals surface area contributed by atoms with Gasteiger partial charge < -0.3 is 4.57 Å². The molecule has 4 rings (SSSR count). The molecule has 2 amide bonds. The Balaban J connectivity index is 1.74. The van der Waals surface area contributed by atoms with Crippen molar-refractivity contribution in [3.8, 4) is 5.69 Å². The Hall–Kier alpha value is -3.58. The molecule has 34 heavy (non-hydrogen) atoms. The van der Waals surface area contributed by atoms with Crippen molar-refractivity contribution < 1.29 is 14.0 Å². The van der Waals surface area contributed by atoms with Gasteiger partial charge in [-0.3, -0.25) is 14.9 Å². The summed E-state index contributed by atoms with van der Waals surface area (Å²) in [6.07, 6.45) is 1.54. The van der Waals surface area contributed by atoms with Crippen molar-refractivity contribution in [1.29, 1.82) is 0 Å². The van der Waals surface area contributed by atoms with Crippen molar-refractivity contribution in [3.63, 3.8) is 0 Å². The summed E-state index contributed by atoms with van der Waals surface area (Å²) in [6, 6.07) is 16.1. The van der Waals surface area contributed by atoms with E-state index in [0.717, 1.165) is 27.5 Å². The topological polar surface area (TPSA) is 54.3 Å². The van der Waals surface area contributed by atoms with Gasteiger partial charge in [-0.2, -0.15) is 0 Å². The molecule has 0 aliphatic carbocycles. The number of para-hydroxylation sites is 1. The molecule has 3 aromatic rings. The van der Waals surface area contributed by atoms with Crippen LogP contribution < -0.4 is 10.2 Å². The molecule has 0 bridgehead atoms. The fraction of sp³-hybridized carbons (Fsp3) is 0.222. The van der Waals surface area contributed by atoms with Crippen LogP contribution in [0.2, 0.25) is 0 Å². The van der Waals surface area contributed by atoms with Gasteiger partial charge >= 0.3 is 0 Å². The summed E-state index contributed by atoms with van der Waals surface area (Å²) in [7, 11) is 0. The zero-order valence-electron chi connectivity index (χ0n) is 19.8. The smallest absolute Gasteiger partial charge is 0.270 e. The maximum Gasteiger partial charge on any atom is 0.270 e. The number of anilines is 1. The third-order valence-electron chi connectivity index (χ3n) is 5.96. The first-order valence-electron chi connectivity index (χ1n) is 10.9. The van der Waals surface area contributed by atoms with Gasteiger partial charge in [0.25, 0.3) is 11.8 Å². The van der Waals surface area contributed by atoms with Crippen LogP contribution in [0.15, 0.2) is 60.2 Å². The van der Waals surface area contributed by atoms with E-state index in [1.807, 2.05) is 19.9 Å². The van der Waals surface area contributed by atoms with Gasteiger partial charge in [-0.15, -0.1) is 0 Å². The Kier molecular flexibility index (Phi) is 6.00. The van der Waals surface area contributed by atoms with E-state index in [1.165, 1.54) is 29.8 Å². The molecule has 0 radical (unpaired) electrons. The number of thiocarbonyl (C=S) groups is 1. The molecule has 7 heteroatoms. The summed E-state index contributed by atoms with van der Waals surface area (Å²) >= 11 is 5.17. The average molecular weight is 476 g/mol. The van der Waals surface area contributed by atoms with Gasteiger partial charge in [-0.1, -0.05) is 45.0 Å². The van der Waals surface area contributed by atoms with Crippen LogP contribution in [0, 0.1) is 19.7 Å². The number of aryl methyl sites for hydroxylation is 1. The Morgan fingerprint density at radius 2 is 1.65 bits per heavy atom. The summed E-state index contributed by atoms with van der Waals surface area (Å²) in [5.74, 6) is -1.88. The van der Waals surface area contributed by atoms with Crippen LogP contribution in [0.4, 0.5) is 10.1 Å². The number of hydrogen-bond donors (Lipinski definition) is 1. The van der Waals surface area contributed by atoms with Crippen molar-refractivity contribution in [2.75, 3.05) is 4.90 Å². The van der Waals surface area contributed by atoms with E-state index in [1.54, 1.807) is 6.07 Å². The molecule has 1 aromatic heterocycles. The highest BCUT2D eigenvalue weighted by molar-refractivity contribution is 7.80. The number of aromatic nitrogens is 1. The fourth-order valence-corrected chi connectivity index (χ4v) is 4.38. The quantitative estimate of drug-likeness (QED) is 0.315. The molecule has 5 nitrogen and oxygen atoms in total. The zero-order chi connectivity index (χ0) is 24.8. The van der Waals surface area contributed by atoms with Gasteiger partial charge in [-0.05, 0) is 79.0 Å². The monoisotopic (exact) mass is 475 g/mol. The van der Waals surface area contributed by atoms with Gasteiger partial charge in [0, 0.05) is 17.1 Å². The highest BCUT2D eigenvalue weighted by atomic mass is 32.1. The van der Waals surface area contributed by atoms with Crippen molar-refractivity contribution in [1.82, 2.24) is 9.88 Å². The largest absolute Gasteiger partial charge is 0.318 e. The van der Waals surface area contributed by atoms with Crippen molar-refractivity contribution >= 4 is 40.9 Å². The third kappa shape index (κ3) is 4.19. The van der Waals surface area contributed by atoms with Crippen LogP contribution in [-0.2, 0) is 15.0 Å². The molecule has 174 valence electrons. The molecule has 2 heterocycles. The first kappa shape index (κ1) is 23.6. The number of hydrogen-bond acceptors (Lipinski definition) is 3. The summed E-state index contributed by atoms with van der Waals surface area (Å²) in [6.45, 7) is 10.4. The number of halogens is 1. The van der Waals surface area contributed by atoms with Crippen molar-refractivity contribution in [2.45, 2.75) is 40.0 Å². The third-order valence-corrected chi connectivity index (χ3v) is 6.24. The lowest BCUT2D eigenvalue weighted by molar-refractivity contribution is -0.122. The van der Waals surface area contributed by atoms with Crippen LogP contribution in [0.25, 0.3) is 11.8 Å². The molecule has 0 spiro atoms. The number of nitrogens with zero attached hydrogens (tertiary/aromatic N) is 2. The van der Waals surface area contributed by atoms with Gasteiger partial charge in [0.15, 0.2) is 5.11 Å². The molecule has 1 N–H and O–H groups in total. The Bertz CT molecular complexity index is 1350. The molecular weight excluding hydrogens is 449 g/mol. The highest BCUT2D eigenvalue weighted by Crippen LogP contribution is 2.28. The average Bonchev–Trinajstić information content (AvgIpc) is 3.04. The lowest BCUT2D eigenvalue weighted by Gasteiger charge is -2.29. The second-order valence-corrected chi connectivity index (χ2v) is 9.75. The fourth-order valence-electron chi connectivity index (χ4n) is 4.11. The van der Waals surface area contributed by atoms with Crippen molar-refractivity contribution in [3.05, 3.63) is 88.5 Å². The van der Waals surface area contributed by atoms with Crippen LogP contribution >= 0.6 is 12.2 Å². The molecule has 2 aromatic carbocycles. The molecule has 1 fully saturated rings. The summed E-state index contributed by atoms with van der Waals surface area (Å²) in [4.78, 5) is 26.9. The summed E-state index contributed by atoms with van der Waals surface area (Å²) in [5.41, 5.74) is 4.70. The molecule has 0 unspecified atom stereocenters. The van der Waals surface area contributed by atoms with Crippen LogP contribution in [0.1, 0.15) is 43.3 Å². The second kappa shape index (κ2) is 8.65. The normalized spacial score (nSPS) is 15.8. The van der Waals surface area contributed by atoms with Gasteiger partial charge in [-0.25, -0.2) is 9.29 Å². The molecule has 1 aliphatic rings. The lowest BCUT2D eigenvalue weighted by atomic mass is 9.87. The highest BCUT2D eigenvalue weighted by Gasteiger charge is 2.35. The minimum absolute atomic E-state index is 0.00666. The summed E-state index contributed by atoms with van der Waals surface area (Å²) in [5, 5.41) is 2.35. The molecule has 0 atom stereocenters. The zero-order valence-corrected chi connectivity index (χ0v) is 20.6. The van der Waals surface area contributed by atoms with E-state index in [9.17, 15) is 14.0 Å². The first-order chi connectivity index (χ1) is 16.0. The number of nitrogens with one attached hydrogen (secondary N) is 1. The van der Waals surface area contributed by atoms with E-state index >= 15 is 0 Å². The number of rotatable bonds is 3. The number of amides is 2. The van der Waals surface area contributed by atoms with Crippen LogP contribution in [0.5, 0.6) is 0 Å². The Labute approximate surface area is 203 Å². The van der Waals surface area contributed by atoms with Gasteiger partial charge in [0.05, 0.1) is 5.69 Å². The van der Waals surface area contributed by atoms with E-state index in [2.05, 4.69) is 54.9 Å². The summed E-state index contributed by atoms with van der Waals surface area (Å²) < 4.78 is 16.5. The minimum atomic E-state index is -0.668. The van der Waals surface area contributed by atoms with Gasteiger partial charge in [0.1, 0.15) is 11.4 Å². The van der Waals surface area contributed by atoms with Crippen LogP contribution in [0.3, 0.4) is 0 Å². The second-order valence-electron chi connectivity index (χ2n) is 9.37. The van der Waals surface area contributed by atoms with E-state index in [0.29, 0.717) is 0 Å². The van der Waals surface area contributed by atoms with Crippen molar-refractivity contribution in [2.24, 2.45) is 0 Å². The maximum absolute atomic E-state index is 14.4.